The largest absolute Gasteiger partial charge is 0.352 e. The Labute approximate surface area is 143 Å². The summed E-state index contributed by atoms with van der Waals surface area (Å²) in [5, 5.41) is 4.26. The number of nitrogens with one attached hydrogen (secondary N) is 1. The van der Waals surface area contributed by atoms with Crippen molar-refractivity contribution in [2.24, 2.45) is 0 Å². The van der Waals surface area contributed by atoms with E-state index in [0.29, 0.717) is 0 Å². The Morgan fingerprint density at radius 1 is 1.26 bits per heavy atom. The van der Waals surface area contributed by atoms with Crippen LogP contribution in [0.15, 0.2) is 42.9 Å². The molecule has 3 heterocycles. The van der Waals surface area contributed by atoms with Gasteiger partial charge in [0.25, 0.3) is 0 Å². The molecule has 1 aliphatic rings. The fourth-order valence-electron chi connectivity index (χ4n) is 3.11. The van der Waals surface area contributed by atoms with Crippen LogP contribution in [0.5, 0.6) is 0 Å². The van der Waals surface area contributed by atoms with Crippen LogP contribution in [0.1, 0.15) is 51.0 Å². The van der Waals surface area contributed by atoms with E-state index in [4.69, 9.17) is 12.2 Å². The van der Waals surface area contributed by atoms with Crippen LogP contribution in [0.2, 0.25) is 0 Å². The van der Waals surface area contributed by atoms with E-state index in [9.17, 15) is 0 Å². The molecule has 0 bridgehead atoms. The van der Waals surface area contributed by atoms with E-state index >= 15 is 0 Å². The van der Waals surface area contributed by atoms with Gasteiger partial charge in [-0.25, -0.2) is 0 Å². The quantitative estimate of drug-likeness (QED) is 0.872. The number of hydrogen-bond acceptors (Lipinski definition) is 2. The third-order valence-electron chi connectivity index (χ3n) is 4.37. The Kier molecular flexibility index (Phi) is 4.15. The normalized spacial score (nSPS) is 21.6. The van der Waals surface area contributed by atoms with E-state index in [0.717, 1.165) is 17.4 Å². The number of thiocarbonyl (C=S) groups is 1. The van der Waals surface area contributed by atoms with Gasteiger partial charge < -0.3 is 14.8 Å². The van der Waals surface area contributed by atoms with Crippen LogP contribution in [-0.2, 0) is 5.54 Å². The van der Waals surface area contributed by atoms with Crippen molar-refractivity contribution in [3.63, 3.8) is 0 Å². The lowest BCUT2D eigenvalue weighted by molar-refractivity contribution is 0.328. The zero-order chi connectivity index (χ0) is 16.6. The minimum absolute atomic E-state index is 0.0718. The van der Waals surface area contributed by atoms with Gasteiger partial charge in [-0.3, -0.25) is 4.98 Å². The molecule has 23 heavy (non-hydrogen) atoms. The van der Waals surface area contributed by atoms with E-state index in [2.05, 4.69) is 72.0 Å². The van der Waals surface area contributed by atoms with Gasteiger partial charge in [0.15, 0.2) is 5.11 Å². The molecule has 2 aromatic rings. The van der Waals surface area contributed by atoms with Crippen molar-refractivity contribution in [1.82, 2.24) is 19.8 Å². The van der Waals surface area contributed by atoms with Crippen molar-refractivity contribution in [2.75, 3.05) is 6.54 Å². The molecule has 1 aliphatic heterocycles. The summed E-state index contributed by atoms with van der Waals surface area (Å²) in [5.41, 5.74) is 2.37. The van der Waals surface area contributed by atoms with Gasteiger partial charge in [0, 0.05) is 30.7 Å². The first-order valence-corrected chi connectivity index (χ1v) is 8.49. The second kappa shape index (κ2) is 5.96. The molecule has 0 aromatic carbocycles. The summed E-state index contributed by atoms with van der Waals surface area (Å²) in [6.45, 7) is 9.65. The number of nitrogens with zero attached hydrogens (tertiary/aromatic N) is 3. The molecule has 122 valence electrons. The summed E-state index contributed by atoms with van der Waals surface area (Å²) in [7, 11) is 0. The molecule has 2 aromatic heterocycles. The minimum atomic E-state index is 0.0718. The van der Waals surface area contributed by atoms with Crippen LogP contribution in [-0.4, -0.2) is 26.1 Å². The monoisotopic (exact) mass is 328 g/mol. The van der Waals surface area contributed by atoms with Crippen molar-refractivity contribution in [3.05, 3.63) is 54.1 Å². The molecular formula is C18H24N4S. The maximum Gasteiger partial charge on any atom is 0.170 e. The van der Waals surface area contributed by atoms with Crippen LogP contribution >= 0.6 is 12.2 Å². The molecule has 2 atom stereocenters. The first kappa shape index (κ1) is 16.0. The first-order valence-electron chi connectivity index (χ1n) is 8.08. The Morgan fingerprint density at radius 3 is 2.61 bits per heavy atom. The third kappa shape index (κ3) is 2.98. The van der Waals surface area contributed by atoms with Gasteiger partial charge in [-0.05, 0) is 63.7 Å². The molecule has 1 N–H and O–H groups in total. The highest BCUT2D eigenvalue weighted by molar-refractivity contribution is 7.80. The fourth-order valence-corrected chi connectivity index (χ4v) is 3.48. The second-order valence-corrected chi connectivity index (χ2v) is 7.32. The molecule has 0 unspecified atom stereocenters. The smallest absolute Gasteiger partial charge is 0.170 e. The zero-order valence-electron chi connectivity index (χ0n) is 14.2. The van der Waals surface area contributed by atoms with Gasteiger partial charge in [0.05, 0.1) is 17.8 Å². The predicted octanol–water partition coefficient (Wildman–Crippen LogP) is 3.63. The average molecular weight is 328 g/mol. The molecule has 3 rings (SSSR count). The van der Waals surface area contributed by atoms with Gasteiger partial charge >= 0.3 is 0 Å². The number of pyridine rings is 1. The van der Waals surface area contributed by atoms with Crippen molar-refractivity contribution in [3.8, 4) is 0 Å². The highest BCUT2D eigenvalue weighted by Gasteiger charge is 2.39. The molecule has 0 amide bonds. The Hall–Kier alpha value is -1.88. The summed E-state index contributed by atoms with van der Waals surface area (Å²) >= 11 is 5.55. The summed E-state index contributed by atoms with van der Waals surface area (Å²) in [6.07, 6.45) is 6.23. The van der Waals surface area contributed by atoms with E-state index in [-0.39, 0.29) is 17.6 Å². The molecular weight excluding hydrogens is 304 g/mol. The van der Waals surface area contributed by atoms with Crippen LogP contribution in [0.3, 0.4) is 0 Å². The van der Waals surface area contributed by atoms with E-state index < -0.39 is 0 Å². The van der Waals surface area contributed by atoms with Gasteiger partial charge in [-0.1, -0.05) is 6.07 Å². The van der Waals surface area contributed by atoms with Gasteiger partial charge in [0.2, 0.25) is 0 Å². The van der Waals surface area contributed by atoms with Crippen molar-refractivity contribution >= 4 is 17.3 Å². The lowest BCUT2D eigenvalue weighted by atomic mass is 9.99. The van der Waals surface area contributed by atoms with E-state index in [1.54, 1.807) is 0 Å². The molecule has 0 aliphatic carbocycles. The fraction of sp³-hybridized carbons (Fsp3) is 0.444. The maximum absolute atomic E-state index is 5.55. The van der Waals surface area contributed by atoms with Crippen LogP contribution < -0.4 is 5.32 Å². The third-order valence-corrected chi connectivity index (χ3v) is 4.72. The molecule has 5 heteroatoms. The topological polar surface area (TPSA) is 33.1 Å². The highest BCUT2D eigenvalue weighted by Crippen LogP contribution is 2.38. The van der Waals surface area contributed by atoms with Gasteiger partial charge in [-0.15, -0.1) is 0 Å². The highest BCUT2D eigenvalue weighted by atomic mass is 32.1. The van der Waals surface area contributed by atoms with Crippen LogP contribution in [0.4, 0.5) is 0 Å². The van der Waals surface area contributed by atoms with E-state index in [1.165, 1.54) is 5.56 Å². The van der Waals surface area contributed by atoms with Crippen molar-refractivity contribution in [1.29, 1.82) is 0 Å². The standard InChI is InChI=1S/C18H24N4S/c1-5-22-16(13-9-11-21(12-13)18(2,3)4)15(20-17(22)23)14-8-6-7-10-19-14/h6-12,15-16H,5H2,1-4H3,(H,20,23)/t15-,16-/m0/s1. The predicted molar refractivity (Wildman–Crippen MR) is 97.3 cm³/mol. The van der Waals surface area contributed by atoms with Gasteiger partial charge in [-0.2, -0.15) is 0 Å². The zero-order valence-corrected chi connectivity index (χ0v) is 15.0. The van der Waals surface area contributed by atoms with Crippen molar-refractivity contribution in [2.45, 2.75) is 45.3 Å². The Bertz CT molecular complexity index is 687. The van der Waals surface area contributed by atoms with Gasteiger partial charge in [0.1, 0.15) is 0 Å². The van der Waals surface area contributed by atoms with Crippen molar-refractivity contribution < 1.29 is 0 Å². The first-order chi connectivity index (χ1) is 10.9. The summed E-state index contributed by atoms with van der Waals surface area (Å²) in [4.78, 5) is 6.79. The lowest BCUT2D eigenvalue weighted by Crippen LogP contribution is -2.29. The summed E-state index contributed by atoms with van der Waals surface area (Å²) in [5.74, 6) is 0. The average Bonchev–Trinajstić information content (AvgIpc) is 3.11. The van der Waals surface area contributed by atoms with Crippen LogP contribution in [0.25, 0.3) is 0 Å². The molecule has 0 saturated carbocycles. The van der Waals surface area contributed by atoms with Crippen LogP contribution in [0, 0.1) is 0 Å². The lowest BCUT2D eigenvalue weighted by Gasteiger charge is -2.26. The second-order valence-electron chi connectivity index (χ2n) is 6.94. The molecule has 0 spiro atoms. The maximum atomic E-state index is 5.55. The minimum Gasteiger partial charge on any atom is -0.352 e. The number of likely N-dealkylation sites (N-methyl/N-ethyl adjacent to an activating group) is 1. The molecule has 1 fully saturated rings. The number of hydrogen-bond donors (Lipinski definition) is 1. The Morgan fingerprint density at radius 2 is 2.04 bits per heavy atom. The molecule has 0 radical (unpaired) electrons. The summed E-state index contributed by atoms with van der Waals surface area (Å²) in [6, 6.07) is 8.49. The Balaban J connectivity index is 2.01. The summed E-state index contributed by atoms with van der Waals surface area (Å²) < 4.78 is 2.26. The molecule has 1 saturated heterocycles. The SMILES string of the molecule is CCN1C(=S)N[C@@H](c2ccccn2)[C@@H]1c1ccn(C(C)(C)C)c1. The number of aromatic nitrogens is 2. The van der Waals surface area contributed by atoms with E-state index in [1.807, 2.05) is 18.3 Å². The number of rotatable bonds is 3. The molecule has 4 nitrogen and oxygen atoms in total.